The van der Waals surface area contributed by atoms with E-state index in [1.807, 2.05) is 0 Å². The Morgan fingerprint density at radius 1 is 1.54 bits per heavy atom. The molecule has 1 unspecified atom stereocenters. The minimum atomic E-state index is 0.237. The Bertz CT molecular complexity index is 139. The molecule has 1 saturated heterocycles. The SMILES string of the molecule is CC(C)N1CCC(OCCCO)C1. The second-order valence-electron chi connectivity index (χ2n) is 3.95. The van der Waals surface area contributed by atoms with Crippen LogP contribution in [0.2, 0.25) is 0 Å². The number of hydrogen-bond acceptors (Lipinski definition) is 3. The van der Waals surface area contributed by atoms with Crippen molar-refractivity contribution in [3.63, 3.8) is 0 Å². The molecule has 1 N–H and O–H groups in total. The summed E-state index contributed by atoms with van der Waals surface area (Å²) in [4.78, 5) is 2.43. The molecule has 1 aliphatic heterocycles. The molecule has 78 valence electrons. The summed E-state index contributed by atoms with van der Waals surface area (Å²) in [5.74, 6) is 0. The Labute approximate surface area is 80.7 Å². The van der Waals surface area contributed by atoms with Gasteiger partial charge in [-0.05, 0) is 26.7 Å². The van der Waals surface area contributed by atoms with Crippen LogP contribution >= 0.6 is 0 Å². The average molecular weight is 187 g/mol. The molecule has 3 nitrogen and oxygen atoms in total. The number of ether oxygens (including phenoxy) is 1. The van der Waals surface area contributed by atoms with E-state index in [2.05, 4.69) is 18.7 Å². The monoisotopic (exact) mass is 187 g/mol. The van der Waals surface area contributed by atoms with Gasteiger partial charge in [-0.3, -0.25) is 4.90 Å². The lowest BCUT2D eigenvalue weighted by Gasteiger charge is -2.20. The molecule has 1 rings (SSSR count). The molecule has 13 heavy (non-hydrogen) atoms. The van der Waals surface area contributed by atoms with E-state index in [0.29, 0.717) is 18.8 Å². The van der Waals surface area contributed by atoms with Gasteiger partial charge in [0.15, 0.2) is 0 Å². The largest absolute Gasteiger partial charge is 0.396 e. The Hall–Kier alpha value is -0.120. The number of hydrogen-bond donors (Lipinski definition) is 1. The summed E-state index contributed by atoms with van der Waals surface area (Å²) in [5.41, 5.74) is 0. The van der Waals surface area contributed by atoms with Crippen molar-refractivity contribution in [1.29, 1.82) is 0 Å². The van der Waals surface area contributed by atoms with Crippen LogP contribution in [0, 0.1) is 0 Å². The van der Waals surface area contributed by atoms with Gasteiger partial charge in [0.1, 0.15) is 0 Å². The average Bonchev–Trinajstić information content (AvgIpc) is 2.53. The van der Waals surface area contributed by atoms with Crippen molar-refractivity contribution >= 4 is 0 Å². The van der Waals surface area contributed by atoms with Crippen LogP contribution in [0.5, 0.6) is 0 Å². The lowest BCUT2D eigenvalue weighted by molar-refractivity contribution is 0.0475. The van der Waals surface area contributed by atoms with Crippen molar-refractivity contribution in [2.24, 2.45) is 0 Å². The van der Waals surface area contributed by atoms with Crippen molar-refractivity contribution in [3.8, 4) is 0 Å². The van der Waals surface area contributed by atoms with Crippen molar-refractivity contribution in [3.05, 3.63) is 0 Å². The highest BCUT2D eigenvalue weighted by Crippen LogP contribution is 2.15. The van der Waals surface area contributed by atoms with Crippen LogP contribution in [0.15, 0.2) is 0 Å². The third-order valence-corrected chi connectivity index (χ3v) is 2.56. The van der Waals surface area contributed by atoms with Gasteiger partial charge in [-0.1, -0.05) is 0 Å². The molecule has 0 aromatic heterocycles. The molecule has 1 aliphatic rings. The van der Waals surface area contributed by atoms with Crippen LogP contribution in [0.3, 0.4) is 0 Å². The first kappa shape index (κ1) is 11.0. The van der Waals surface area contributed by atoms with Gasteiger partial charge >= 0.3 is 0 Å². The van der Waals surface area contributed by atoms with E-state index in [9.17, 15) is 0 Å². The number of aliphatic hydroxyl groups excluding tert-OH is 1. The lowest BCUT2D eigenvalue weighted by Crippen LogP contribution is -2.29. The molecule has 1 fully saturated rings. The van der Waals surface area contributed by atoms with Gasteiger partial charge in [0.25, 0.3) is 0 Å². The number of aliphatic hydroxyl groups is 1. The van der Waals surface area contributed by atoms with Gasteiger partial charge in [-0.25, -0.2) is 0 Å². The molecule has 0 amide bonds. The minimum absolute atomic E-state index is 0.237. The molecule has 0 radical (unpaired) electrons. The summed E-state index contributed by atoms with van der Waals surface area (Å²) in [5, 5.41) is 8.59. The van der Waals surface area contributed by atoms with Crippen LogP contribution in [0.4, 0.5) is 0 Å². The fourth-order valence-electron chi connectivity index (χ4n) is 1.67. The lowest BCUT2D eigenvalue weighted by atomic mass is 10.3. The first-order valence-corrected chi connectivity index (χ1v) is 5.20. The Morgan fingerprint density at radius 3 is 2.85 bits per heavy atom. The van der Waals surface area contributed by atoms with Crippen molar-refractivity contribution in [1.82, 2.24) is 4.90 Å². The van der Waals surface area contributed by atoms with Crippen molar-refractivity contribution in [2.45, 2.75) is 38.8 Å². The van der Waals surface area contributed by atoms with E-state index < -0.39 is 0 Å². The third kappa shape index (κ3) is 3.63. The zero-order chi connectivity index (χ0) is 9.68. The Morgan fingerprint density at radius 2 is 2.31 bits per heavy atom. The second-order valence-corrected chi connectivity index (χ2v) is 3.95. The zero-order valence-electron chi connectivity index (χ0n) is 8.70. The normalized spacial score (nSPS) is 24.5. The smallest absolute Gasteiger partial charge is 0.0714 e. The molecule has 0 aliphatic carbocycles. The number of likely N-dealkylation sites (tertiary alicyclic amines) is 1. The standard InChI is InChI=1S/C10H21NO2/c1-9(2)11-5-4-10(8-11)13-7-3-6-12/h9-10,12H,3-8H2,1-2H3. The highest BCUT2D eigenvalue weighted by atomic mass is 16.5. The number of nitrogens with zero attached hydrogens (tertiary/aromatic N) is 1. The van der Waals surface area contributed by atoms with Gasteiger partial charge in [0.05, 0.1) is 6.10 Å². The summed E-state index contributed by atoms with van der Waals surface area (Å²) < 4.78 is 5.62. The molecule has 0 saturated carbocycles. The van der Waals surface area contributed by atoms with Gasteiger partial charge < -0.3 is 9.84 Å². The van der Waals surface area contributed by atoms with Gasteiger partial charge in [-0.2, -0.15) is 0 Å². The van der Waals surface area contributed by atoms with Crippen LogP contribution in [0.25, 0.3) is 0 Å². The third-order valence-electron chi connectivity index (χ3n) is 2.56. The van der Waals surface area contributed by atoms with Gasteiger partial charge in [0.2, 0.25) is 0 Å². The first-order chi connectivity index (χ1) is 6.24. The summed E-state index contributed by atoms with van der Waals surface area (Å²) in [6.07, 6.45) is 2.30. The maximum absolute atomic E-state index is 8.59. The summed E-state index contributed by atoms with van der Waals surface area (Å²) in [6, 6.07) is 0.631. The van der Waals surface area contributed by atoms with E-state index in [4.69, 9.17) is 9.84 Å². The quantitative estimate of drug-likeness (QED) is 0.648. The highest BCUT2D eigenvalue weighted by molar-refractivity contribution is 4.78. The summed E-state index contributed by atoms with van der Waals surface area (Å²) >= 11 is 0. The van der Waals surface area contributed by atoms with Gasteiger partial charge in [0, 0.05) is 32.3 Å². The first-order valence-electron chi connectivity index (χ1n) is 5.20. The molecule has 0 aromatic carbocycles. The Balaban J connectivity index is 2.10. The fraction of sp³-hybridized carbons (Fsp3) is 1.00. The van der Waals surface area contributed by atoms with Crippen LogP contribution in [0.1, 0.15) is 26.7 Å². The minimum Gasteiger partial charge on any atom is -0.396 e. The van der Waals surface area contributed by atoms with Crippen molar-refractivity contribution in [2.75, 3.05) is 26.3 Å². The molecule has 3 heteroatoms. The predicted molar refractivity (Wildman–Crippen MR) is 52.8 cm³/mol. The van der Waals surface area contributed by atoms with Crippen LogP contribution < -0.4 is 0 Å². The summed E-state index contributed by atoms with van der Waals surface area (Å²) in [7, 11) is 0. The molecule has 1 atom stereocenters. The van der Waals surface area contributed by atoms with E-state index >= 15 is 0 Å². The van der Waals surface area contributed by atoms with Crippen molar-refractivity contribution < 1.29 is 9.84 Å². The molecule has 0 bridgehead atoms. The molecule has 0 spiro atoms. The fourth-order valence-corrected chi connectivity index (χ4v) is 1.67. The van der Waals surface area contributed by atoms with Crippen LogP contribution in [-0.2, 0) is 4.74 Å². The predicted octanol–water partition coefficient (Wildman–Crippen LogP) is 0.868. The van der Waals surface area contributed by atoms with E-state index in [-0.39, 0.29) is 6.61 Å². The molecule has 0 aromatic rings. The molecule has 1 heterocycles. The zero-order valence-corrected chi connectivity index (χ0v) is 8.70. The molecular weight excluding hydrogens is 166 g/mol. The maximum Gasteiger partial charge on any atom is 0.0714 e. The highest BCUT2D eigenvalue weighted by Gasteiger charge is 2.24. The molecular formula is C10H21NO2. The van der Waals surface area contributed by atoms with Gasteiger partial charge in [-0.15, -0.1) is 0 Å². The topological polar surface area (TPSA) is 32.7 Å². The maximum atomic E-state index is 8.59. The van der Waals surface area contributed by atoms with E-state index in [1.54, 1.807) is 0 Å². The van der Waals surface area contributed by atoms with Crippen LogP contribution in [-0.4, -0.2) is 48.5 Å². The summed E-state index contributed by atoms with van der Waals surface area (Å²) in [6.45, 7) is 7.59. The number of rotatable bonds is 5. The second kappa shape index (κ2) is 5.58. The van der Waals surface area contributed by atoms with E-state index in [1.165, 1.54) is 0 Å². The Kier molecular flexibility index (Phi) is 4.70. The van der Waals surface area contributed by atoms with E-state index in [0.717, 1.165) is 25.9 Å².